The van der Waals surface area contributed by atoms with Gasteiger partial charge in [-0.2, -0.15) is 0 Å². The van der Waals surface area contributed by atoms with Crippen LogP contribution in [0.25, 0.3) is 0 Å². The average molecular weight is 275 g/mol. The minimum absolute atomic E-state index is 0.123. The van der Waals surface area contributed by atoms with E-state index in [4.69, 9.17) is 0 Å². The highest BCUT2D eigenvalue weighted by Gasteiger charge is 2.24. The van der Waals surface area contributed by atoms with E-state index in [2.05, 4.69) is 5.32 Å². The number of hydrogen-bond donors (Lipinski definition) is 1. The zero-order valence-electron chi connectivity index (χ0n) is 10.0. The third kappa shape index (κ3) is 2.70. The van der Waals surface area contributed by atoms with Gasteiger partial charge in [0, 0.05) is 6.26 Å². The summed E-state index contributed by atoms with van der Waals surface area (Å²) in [6, 6.07) is 1.86. The minimum atomic E-state index is -3.75. The second-order valence-corrected chi connectivity index (χ2v) is 6.59. The van der Waals surface area contributed by atoms with E-state index in [1.807, 2.05) is 0 Å². The second kappa shape index (κ2) is 4.93. The molecule has 100 valence electrons. The molecule has 1 aliphatic heterocycles. The van der Waals surface area contributed by atoms with Crippen LogP contribution in [-0.4, -0.2) is 27.8 Å². The maximum Gasteiger partial charge on any atom is 0.178 e. The van der Waals surface area contributed by atoms with E-state index in [1.165, 1.54) is 0 Å². The molecule has 3 nitrogen and oxygen atoms in total. The SMILES string of the molecule is CS(=O)(=O)c1cc(F)cc(C2CCNCC2)c1F. The summed E-state index contributed by atoms with van der Waals surface area (Å²) in [4.78, 5) is -0.545. The van der Waals surface area contributed by atoms with Gasteiger partial charge in [-0.1, -0.05) is 0 Å². The van der Waals surface area contributed by atoms with Gasteiger partial charge < -0.3 is 5.32 Å². The van der Waals surface area contributed by atoms with Crippen LogP contribution in [0.5, 0.6) is 0 Å². The molecule has 0 bridgehead atoms. The Labute approximate surface area is 105 Å². The molecule has 0 radical (unpaired) electrons. The molecule has 0 unspecified atom stereocenters. The van der Waals surface area contributed by atoms with Crippen LogP contribution in [-0.2, 0) is 9.84 Å². The Balaban J connectivity index is 2.50. The summed E-state index contributed by atoms with van der Waals surface area (Å²) in [5.74, 6) is -1.63. The van der Waals surface area contributed by atoms with E-state index in [9.17, 15) is 17.2 Å². The quantitative estimate of drug-likeness (QED) is 0.895. The van der Waals surface area contributed by atoms with Crippen molar-refractivity contribution >= 4 is 9.84 Å². The molecule has 0 atom stereocenters. The third-order valence-electron chi connectivity index (χ3n) is 3.21. The van der Waals surface area contributed by atoms with Gasteiger partial charge in [0.2, 0.25) is 0 Å². The van der Waals surface area contributed by atoms with Gasteiger partial charge in [0.15, 0.2) is 9.84 Å². The highest BCUT2D eigenvalue weighted by Crippen LogP contribution is 2.31. The van der Waals surface area contributed by atoms with Crippen LogP contribution < -0.4 is 5.32 Å². The first-order valence-electron chi connectivity index (χ1n) is 5.79. The third-order valence-corrected chi connectivity index (χ3v) is 4.31. The number of nitrogens with one attached hydrogen (secondary N) is 1. The van der Waals surface area contributed by atoms with E-state index in [0.717, 1.165) is 31.5 Å². The van der Waals surface area contributed by atoms with Crippen molar-refractivity contribution in [3.05, 3.63) is 29.3 Å². The van der Waals surface area contributed by atoms with Crippen molar-refractivity contribution in [2.24, 2.45) is 0 Å². The monoisotopic (exact) mass is 275 g/mol. The molecule has 0 aliphatic carbocycles. The normalized spacial score (nSPS) is 17.9. The van der Waals surface area contributed by atoms with Crippen LogP contribution in [0, 0.1) is 11.6 Å². The fraction of sp³-hybridized carbons (Fsp3) is 0.500. The summed E-state index contributed by atoms with van der Waals surface area (Å²) in [5.41, 5.74) is 0.178. The van der Waals surface area contributed by atoms with Gasteiger partial charge in [-0.25, -0.2) is 17.2 Å². The average Bonchev–Trinajstić information content (AvgIpc) is 2.31. The standard InChI is InChI=1S/C12H15F2NO2S/c1-18(16,17)11-7-9(13)6-10(12(11)14)8-2-4-15-5-3-8/h6-8,15H,2-5H2,1H3. The van der Waals surface area contributed by atoms with E-state index in [-0.39, 0.29) is 11.5 Å². The fourth-order valence-electron chi connectivity index (χ4n) is 2.28. The van der Waals surface area contributed by atoms with Crippen molar-refractivity contribution in [1.29, 1.82) is 0 Å². The Morgan fingerprint density at radius 2 is 1.83 bits per heavy atom. The second-order valence-electron chi connectivity index (χ2n) is 4.60. The Morgan fingerprint density at radius 3 is 2.39 bits per heavy atom. The molecule has 1 aromatic rings. The maximum atomic E-state index is 14.2. The molecule has 1 saturated heterocycles. The molecule has 0 spiro atoms. The van der Waals surface area contributed by atoms with Crippen molar-refractivity contribution in [3.8, 4) is 0 Å². The van der Waals surface area contributed by atoms with Gasteiger partial charge in [0.1, 0.15) is 16.5 Å². The summed E-state index contributed by atoms with van der Waals surface area (Å²) in [6.07, 6.45) is 2.25. The van der Waals surface area contributed by atoms with E-state index in [0.29, 0.717) is 12.8 Å². The number of benzene rings is 1. The summed E-state index contributed by atoms with van der Waals surface area (Å²) < 4.78 is 50.5. The van der Waals surface area contributed by atoms with Gasteiger partial charge in [-0.15, -0.1) is 0 Å². The molecule has 1 heterocycles. The molecule has 1 N–H and O–H groups in total. The highest BCUT2D eigenvalue weighted by atomic mass is 32.2. The van der Waals surface area contributed by atoms with Crippen LogP contribution in [0.2, 0.25) is 0 Å². The van der Waals surface area contributed by atoms with Crippen molar-refractivity contribution < 1.29 is 17.2 Å². The molecule has 0 saturated carbocycles. The molecule has 2 rings (SSSR count). The largest absolute Gasteiger partial charge is 0.317 e. The first-order chi connectivity index (χ1) is 8.39. The number of hydrogen-bond acceptors (Lipinski definition) is 3. The number of sulfone groups is 1. The van der Waals surface area contributed by atoms with Gasteiger partial charge in [-0.05, 0) is 49.5 Å². The first kappa shape index (κ1) is 13.4. The zero-order chi connectivity index (χ0) is 13.3. The molecule has 1 aromatic carbocycles. The lowest BCUT2D eigenvalue weighted by molar-refractivity contribution is 0.436. The molecule has 6 heteroatoms. The van der Waals surface area contributed by atoms with E-state index < -0.39 is 26.4 Å². The maximum absolute atomic E-state index is 14.2. The van der Waals surface area contributed by atoms with Crippen LogP contribution in [0.15, 0.2) is 17.0 Å². The van der Waals surface area contributed by atoms with Gasteiger partial charge in [0.25, 0.3) is 0 Å². The Hall–Kier alpha value is -1.01. The first-order valence-corrected chi connectivity index (χ1v) is 7.68. The smallest absolute Gasteiger partial charge is 0.178 e. The Morgan fingerprint density at radius 1 is 1.22 bits per heavy atom. The van der Waals surface area contributed by atoms with Gasteiger partial charge in [-0.3, -0.25) is 0 Å². The van der Waals surface area contributed by atoms with Crippen LogP contribution in [0.3, 0.4) is 0 Å². The lowest BCUT2D eigenvalue weighted by atomic mass is 9.90. The van der Waals surface area contributed by atoms with Crippen molar-refractivity contribution in [3.63, 3.8) is 0 Å². The van der Waals surface area contributed by atoms with E-state index >= 15 is 0 Å². The molecular weight excluding hydrogens is 260 g/mol. The summed E-state index contributed by atoms with van der Waals surface area (Å²) >= 11 is 0. The van der Waals surface area contributed by atoms with Crippen LogP contribution in [0.4, 0.5) is 8.78 Å². The predicted octanol–water partition coefficient (Wildman–Crippen LogP) is 1.84. The number of rotatable bonds is 2. The van der Waals surface area contributed by atoms with Gasteiger partial charge in [0.05, 0.1) is 0 Å². The minimum Gasteiger partial charge on any atom is -0.317 e. The van der Waals surface area contributed by atoms with Crippen molar-refractivity contribution in [2.45, 2.75) is 23.7 Å². The fourth-order valence-corrected chi connectivity index (χ4v) is 3.05. The lowest BCUT2D eigenvalue weighted by Crippen LogP contribution is -2.27. The van der Waals surface area contributed by atoms with Gasteiger partial charge >= 0.3 is 0 Å². The Bertz CT molecular complexity index is 551. The summed E-state index contributed by atoms with van der Waals surface area (Å²) in [6.45, 7) is 1.46. The van der Waals surface area contributed by atoms with Crippen molar-refractivity contribution in [1.82, 2.24) is 5.32 Å². The topological polar surface area (TPSA) is 46.2 Å². The summed E-state index contributed by atoms with van der Waals surface area (Å²) in [5, 5.41) is 3.13. The molecule has 18 heavy (non-hydrogen) atoms. The molecule has 0 amide bonds. The zero-order valence-corrected chi connectivity index (χ0v) is 10.9. The molecule has 1 fully saturated rings. The lowest BCUT2D eigenvalue weighted by Gasteiger charge is -2.24. The summed E-state index contributed by atoms with van der Waals surface area (Å²) in [7, 11) is -3.75. The van der Waals surface area contributed by atoms with Crippen molar-refractivity contribution in [2.75, 3.05) is 19.3 Å². The molecule has 0 aromatic heterocycles. The van der Waals surface area contributed by atoms with E-state index in [1.54, 1.807) is 0 Å². The highest BCUT2D eigenvalue weighted by molar-refractivity contribution is 7.90. The number of halogens is 2. The molecular formula is C12H15F2NO2S. The Kier molecular flexibility index (Phi) is 3.68. The number of piperidine rings is 1. The predicted molar refractivity (Wildman–Crippen MR) is 64.3 cm³/mol. The van der Waals surface area contributed by atoms with Crippen LogP contribution >= 0.6 is 0 Å². The van der Waals surface area contributed by atoms with Crippen LogP contribution in [0.1, 0.15) is 24.3 Å². The molecule has 1 aliphatic rings.